The second kappa shape index (κ2) is 10.3. The minimum absolute atomic E-state index is 0.124. The molecule has 1 amide bonds. The number of halogens is 4. The van der Waals surface area contributed by atoms with Gasteiger partial charge in [-0.15, -0.1) is 0 Å². The van der Waals surface area contributed by atoms with Gasteiger partial charge in [-0.3, -0.25) is 4.79 Å². The van der Waals surface area contributed by atoms with E-state index in [0.29, 0.717) is 6.42 Å². The number of nitrogens with zero attached hydrogens (tertiary/aromatic N) is 3. The van der Waals surface area contributed by atoms with Crippen molar-refractivity contribution in [2.75, 3.05) is 14.1 Å². The van der Waals surface area contributed by atoms with Crippen molar-refractivity contribution in [2.24, 2.45) is 0 Å². The summed E-state index contributed by atoms with van der Waals surface area (Å²) in [6.07, 6.45) is 0.840. The van der Waals surface area contributed by atoms with E-state index in [1.54, 1.807) is 12.4 Å². The molecule has 1 aromatic heterocycles. The Hall–Kier alpha value is -2.97. The highest BCUT2D eigenvalue weighted by Crippen LogP contribution is 2.36. The Morgan fingerprint density at radius 3 is 2.36 bits per heavy atom. The zero-order valence-electron chi connectivity index (χ0n) is 18.4. The van der Waals surface area contributed by atoms with Crippen LogP contribution in [0.1, 0.15) is 40.9 Å². The largest absolute Gasteiger partial charge is 0.417 e. The third-order valence-corrected chi connectivity index (χ3v) is 5.85. The summed E-state index contributed by atoms with van der Waals surface area (Å²) in [5, 5.41) is 2.30. The Labute approximate surface area is 195 Å². The fraction of sp³-hybridized carbons (Fsp3) is 0.292. The smallest absolute Gasteiger partial charge is 0.344 e. The second-order valence-electron chi connectivity index (χ2n) is 7.81. The van der Waals surface area contributed by atoms with Crippen LogP contribution in [0.2, 0.25) is 5.02 Å². The van der Waals surface area contributed by atoms with Crippen molar-refractivity contribution >= 4 is 17.5 Å². The molecule has 3 rings (SSSR count). The average molecular weight is 477 g/mol. The molecule has 0 saturated carbocycles. The molecular weight excluding hydrogens is 453 g/mol. The number of hydrogen-bond acceptors (Lipinski definition) is 4. The van der Waals surface area contributed by atoms with Gasteiger partial charge in [0.1, 0.15) is 6.33 Å². The molecule has 0 unspecified atom stereocenters. The topological polar surface area (TPSA) is 58.1 Å². The Balaban J connectivity index is 2.01. The number of carbonyl (C=O) groups excluding carboxylic acids is 1. The number of hydrogen-bond donors (Lipinski definition) is 1. The number of aromatic nitrogens is 2. The molecule has 0 aliphatic heterocycles. The van der Waals surface area contributed by atoms with Gasteiger partial charge in [0.2, 0.25) is 0 Å². The van der Waals surface area contributed by atoms with Crippen LogP contribution in [0.5, 0.6) is 0 Å². The van der Waals surface area contributed by atoms with E-state index in [4.69, 9.17) is 11.6 Å². The van der Waals surface area contributed by atoms with Crippen LogP contribution in [0.4, 0.5) is 13.2 Å². The number of likely N-dealkylation sites (N-methyl/N-ethyl adjacent to an activating group) is 1. The molecule has 0 radical (unpaired) electrons. The van der Waals surface area contributed by atoms with E-state index >= 15 is 0 Å². The molecule has 174 valence electrons. The van der Waals surface area contributed by atoms with Crippen molar-refractivity contribution in [3.8, 4) is 11.1 Å². The van der Waals surface area contributed by atoms with E-state index in [0.717, 1.165) is 22.8 Å². The predicted molar refractivity (Wildman–Crippen MR) is 122 cm³/mol. The first-order chi connectivity index (χ1) is 15.6. The summed E-state index contributed by atoms with van der Waals surface area (Å²) in [6, 6.07) is 10.3. The van der Waals surface area contributed by atoms with Crippen LogP contribution in [0, 0.1) is 0 Å². The first kappa shape index (κ1) is 24.7. The third-order valence-electron chi connectivity index (χ3n) is 5.44. The first-order valence-corrected chi connectivity index (χ1v) is 10.7. The summed E-state index contributed by atoms with van der Waals surface area (Å²) in [5.74, 6) is -0.676. The summed E-state index contributed by atoms with van der Waals surface area (Å²) < 4.78 is 39.8. The lowest BCUT2D eigenvalue weighted by Gasteiger charge is -2.33. The molecule has 5 nitrogen and oxygen atoms in total. The lowest BCUT2D eigenvalue weighted by Crippen LogP contribution is -2.43. The van der Waals surface area contributed by atoms with Gasteiger partial charge in [0.25, 0.3) is 5.91 Å². The van der Waals surface area contributed by atoms with Crippen LogP contribution in [-0.4, -0.2) is 40.9 Å². The third kappa shape index (κ3) is 5.69. The normalized spacial score (nSPS) is 13.6. The summed E-state index contributed by atoms with van der Waals surface area (Å²) >= 11 is 5.99. The molecule has 2 aromatic carbocycles. The quantitative estimate of drug-likeness (QED) is 0.480. The van der Waals surface area contributed by atoms with Crippen LogP contribution >= 0.6 is 11.6 Å². The fourth-order valence-electron chi connectivity index (χ4n) is 3.81. The maximum absolute atomic E-state index is 13.3. The molecule has 0 spiro atoms. The maximum Gasteiger partial charge on any atom is 0.417 e. The highest BCUT2D eigenvalue weighted by Gasteiger charge is 2.35. The molecule has 0 saturated heterocycles. The van der Waals surface area contributed by atoms with Gasteiger partial charge in [-0.1, -0.05) is 42.8 Å². The van der Waals surface area contributed by atoms with Gasteiger partial charge in [-0.2, -0.15) is 13.2 Å². The second-order valence-corrected chi connectivity index (χ2v) is 8.19. The van der Waals surface area contributed by atoms with Gasteiger partial charge < -0.3 is 10.2 Å². The van der Waals surface area contributed by atoms with Crippen molar-refractivity contribution in [2.45, 2.75) is 31.6 Å². The van der Waals surface area contributed by atoms with Crippen molar-refractivity contribution in [1.29, 1.82) is 0 Å². The summed E-state index contributed by atoms with van der Waals surface area (Å²) in [5.41, 5.74) is 1.20. The molecule has 1 heterocycles. The van der Waals surface area contributed by atoms with Gasteiger partial charge in [0.05, 0.1) is 22.2 Å². The van der Waals surface area contributed by atoms with E-state index in [1.165, 1.54) is 18.5 Å². The van der Waals surface area contributed by atoms with E-state index in [-0.39, 0.29) is 11.6 Å². The van der Waals surface area contributed by atoms with Crippen molar-refractivity contribution in [3.05, 3.63) is 82.9 Å². The summed E-state index contributed by atoms with van der Waals surface area (Å²) in [4.78, 5) is 23.2. The van der Waals surface area contributed by atoms with Gasteiger partial charge in [-0.05, 0) is 49.8 Å². The molecule has 0 aliphatic rings. The predicted octanol–water partition coefficient (Wildman–Crippen LogP) is 5.63. The molecule has 0 fully saturated rings. The molecule has 0 aliphatic carbocycles. The Bertz CT molecular complexity index is 1110. The Kier molecular flexibility index (Phi) is 7.71. The number of amides is 1. The van der Waals surface area contributed by atoms with E-state index in [9.17, 15) is 18.0 Å². The Morgan fingerprint density at radius 1 is 1.09 bits per heavy atom. The van der Waals surface area contributed by atoms with Gasteiger partial charge in [-0.25, -0.2) is 9.97 Å². The van der Waals surface area contributed by atoms with Crippen LogP contribution in [0.3, 0.4) is 0 Å². The van der Waals surface area contributed by atoms with Crippen LogP contribution < -0.4 is 5.32 Å². The van der Waals surface area contributed by atoms with Gasteiger partial charge in [0, 0.05) is 24.0 Å². The molecular formula is C24H24ClF3N4O. The number of carbonyl (C=O) groups is 1. The molecule has 1 N–H and O–H groups in total. The van der Waals surface area contributed by atoms with E-state index < -0.39 is 28.7 Å². The van der Waals surface area contributed by atoms with Crippen LogP contribution in [-0.2, 0) is 6.18 Å². The van der Waals surface area contributed by atoms with Gasteiger partial charge in [0.15, 0.2) is 0 Å². The van der Waals surface area contributed by atoms with E-state index in [2.05, 4.69) is 15.3 Å². The number of nitrogens with one attached hydrogen (secondary N) is 1. The molecule has 0 bridgehead atoms. The standard InChI is InChI=1S/C24H24ClF3N4O/c1-4-20(32(2)3)22(16-8-5-7-15(11-16)17-12-29-14-30-13-17)31-23(33)18-9-6-10-19(21(18)25)24(26,27)28/h5-14,20,22H,4H2,1-3H3,(H,31,33)/t20-,22-/m0/s1. The lowest BCUT2D eigenvalue weighted by molar-refractivity contribution is -0.137. The molecule has 9 heteroatoms. The monoisotopic (exact) mass is 476 g/mol. The molecule has 3 aromatic rings. The summed E-state index contributed by atoms with van der Waals surface area (Å²) in [6.45, 7) is 1.98. The molecule has 33 heavy (non-hydrogen) atoms. The summed E-state index contributed by atoms with van der Waals surface area (Å²) in [7, 11) is 3.78. The highest BCUT2D eigenvalue weighted by molar-refractivity contribution is 6.34. The average Bonchev–Trinajstić information content (AvgIpc) is 2.78. The first-order valence-electron chi connectivity index (χ1n) is 10.3. The lowest BCUT2D eigenvalue weighted by atomic mass is 9.93. The Morgan fingerprint density at radius 2 is 1.76 bits per heavy atom. The zero-order valence-corrected chi connectivity index (χ0v) is 19.2. The SMILES string of the molecule is CC[C@@H]([C@@H](NC(=O)c1cccc(C(F)(F)F)c1Cl)c1cccc(-c2cncnc2)c1)N(C)C. The van der Waals surface area contributed by atoms with Crippen LogP contribution in [0.15, 0.2) is 61.2 Å². The number of alkyl halides is 3. The minimum Gasteiger partial charge on any atom is -0.344 e. The van der Waals surface area contributed by atoms with E-state index in [1.807, 2.05) is 50.2 Å². The zero-order chi connectivity index (χ0) is 24.2. The van der Waals surface area contributed by atoms with Gasteiger partial charge >= 0.3 is 6.18 Å². The fourth-order valence-corrected chi connectivity index (χ4v) is 4.12. The van der Waals surface area contributed by atoms with Crippen molar-refractivity contribution in [3.63, 3.8) is 0 Å². The van der Waals surface area contributed by atoms with Crippen molar-refractivity contribution < 1.29 is 18.0 Å². The molecule has 2 atom stereocenters. The van der Waals surface area contributed by atoms with Crippen LogP contribution in [0.25, 0.3) is 11.1 Å². The van der Waals surface area contributed by atoms with Crippen molar-refractivity contribution in [1.82, 2.24) is 20.2 Å². The number of rotatable bonds is 7. The number of benzene rings is 2. The minimum atomic E-state index is -4.66. The maximum atomic E-state index is 13.3. The highest BCUT2D eigenvalue weighted by atomic mass is 35.5.